The predicted octanol–water partition coefficient (Wildman–Crippen LogP) is 4.13. The molecule has 0 bridgehead atoms. The molecule has 0 aliphatic rings. The van der Waals surface area contributed by atoms with Gasteiger partial charge in [-0.3, -0.25) is 4.98 Å². The standard InChI is InChI=1S/C16H10ClN5O2S/c17-12-3-1-2-11(8-12)14-19-13(24-22-14)9-25-16-21-20-15(23-16)10-4-6-18-7-5-10/h1-8H,9H2. The lowest BCUT2D eigenvalue weighted by atomic mass is 10.2. The molecule has 25 heavy (non-hydrogen) atoms. The molecule has 7 nitrogen and oxygen atoms in total. The van der Waals surface area contributed by atoms with Gasteiger partial charge in [-0.05, 0) is 24.3 Å². The maximum Gasteiger partial charge on any atom is 0.277 e. The maximum absolute atomic E-state index is 5.97. The summed E-state index contributed by atoms with van der Waals surface area (Å²) in [5.41, 5.74) is 1.61. The highest BCUT2D eigenvalue weighted by atomic mass is 35.5. The van der Waals surface area contributed by atoms with Crippen LogP contribution in [0.1, 0.15) is 5.89 Å². The van der Waals surface area contributed by atoms with Crippen LogP contribution in [-0.4, -0.2) is 25.3 Å². The summed E-state index contributed by atoms with van der Waals surface area (Å²) in [6.45, 7) is 0. The van der Waals surface area contributed by atoms with Crippen LogP contribution in [0.15, 0.2) is 63.0 Å². The summed E-state index contributed by atoms with van der Waals surface area (Å²) >= 11 is 7.30. The first-order valence-corrected chi connectivity index (χ1v) is 8.59. The fourth-order valence-corrected chi connectivity index (χ4v) is 2.85. The lowest BCUT2D eigenvalue weighted by molar-refractivity contribution is 0.391. The van der Waals surface area contributed by atoms with Crippen molar-refractivity contribution in [3.63, 3.8) is 0 Å². The Morgan fingerprint density at radius 2 is 1.92 bits per heavy atom. The zero-order valence-corrected chi connectivity index (χ0v) is 14.2. The largest absolute Gasteiger partial charge is 0.411 e. The molecule has 0 fully saturated rings. The first kappa shape index (κ1) is 15.8. The minimum Gasteiger partial charge on any atom is -0.411 e. The minimum absolute atomic E-state index is 0.422. The van der Waals surface area contributed by atoms with Crippen LogP contribution in [0.4, 0.5) is 0 Å². The van der Waals surface area contributed by atoms with Crippen molar-refractivity contribution < 1.29 is 8.94 Å². The van der Waals surface area contributed by atoms with Crippen LogP contribution in [0.3, 0.4) is 0 Å². The molecule has 3 heterocycles. The average Bonchev–Trinajstić information content (AvgIpc) is 3.30. The van der Waals surface area contributed by atoms with Crippen molar-refractivity contribution >= 4 is 23.4 Å². The van der Waals surface area contributed by atoms with Crippen LogP contribution in [0.2, 0.25) is 5.02 Å². The van der Waals surface area contributed by atoms with Gasteiger partial charge in [0.25, 0.3) is 5.22 Å². The van der Waals surface area contributed by atoms with Gasteiger partial charge in [0.15, 0.2) is 0 Å². The Kier molecular flexibility index (Phi) is 4.45. The molecule has 4 rings (SSSR count). The molecule has 9 heteroatoms. The number of hydrogen-bond donors (Lipinski definition) is 0. The molecule has 0 aliphatic heterocycles. The van der Waals surface area contributed by atoms with E-state index in [1.165, 1.54) is 11.8 Å². The van der Waals surface area contributed by atoms with Gasteiger partial charge in [-0.2, -0.15) is 4.98 Å². The first-order chi connectivity index (χ1) is 12.3. The topological polar surface area (TPSA) is 90.7 Å². The number of nitrogens with zero attached hydrogens (tertiary/aromatic N) is 5. The van der Waals surface area contributed by atoms with Gasteiger partial charge >= 0.3 is 0 Å². The van der Waals surface area contributed by atoms with Gasteiger partial charge in [-0.1, -0.05) is 40.7 Å². The lowest BCUT2D eigenvalue weighted by Crippen LogP contribution is -1.83. The van der Waals surface area contributed by atoms with Crippen molar-refractivity contribution in [2.24, 2.45) is 0 Å². The van der Waals surface area contributed by atoms with E-state index in [1.807, 2.05) is 12.1 Å². The van der Waals surface area contributed by atoms with E-state index in [4.69, 9.17) is 20.5 Å². The predicted molar refractivity (Wildman–Crippen MR) is 91.8 cm³/mol. The first-order valence-electron chi connectivity index (χ1n) is 7.23. The number of pyridine rings is 1. The summed E-state index contributed by atoms with van der Waals surface area (Å²) in [5.74, 6) is 1.81. The van der Waals surface area contributed by atoms with Crippen LogP contribution in [-0.2, 0) is 5.75 Å². The molecule has 0 unspecified atom stereocenters. The minimum atomic E-state index is 0.422. The second-order valence-electron chi connectivity index (χ2n) is 4.92. The van der Waals surface area contributed by atoms with Crippen LogP contribution < -0.4 is 0 Å². The van der Waals surface area contributed by atoms with Crippen molar-refractivity contribution in [1.82, 2.24) is 25.3 Å². The summed E-state index contributed by atoms with van der Waals surface area (Å²) in [4.78, 5) is 8.30. The molecule has 0 atom stereocenters. The summed E-state index contributed by atoms with van der Waals surface area (Å²) in [5, 5.41) is 13.0. The molecule has 0 spiro atoms. The number of thioether (sulfide) groups is 1. The Hall–Kier alpha value is -2.71. The van der Waals surface area contributed by atoms with E-state index in [1.54, 1.807) is 36.7 Å². The molecule has 0 radical (unpaired) electrons. The quantitative estimate of drug-likeness (QED) is 0.483. The molecule has 124 valence electrons. The molecule has 1 aromatic carbocycles. The number of hydrogen-bond acceptors (Lipinski definition) is 8. The summed E-state index contributed by atoms with van der Waals surface area (Å²) < 4.78 is 10.9. The second kappa shape index (κ2) is 7.04. The zero-order valence-electron chi connectivity index (χ0n) is 12.7. The smallest absolute Gasteiger partial charge is 0.277 e. The molecular weight excluding hydrogens is 362 g/mol. The highest BCUT2D eigenvalue weighted by molar-refractivity contribution is 7.98. The van der Waals surface area contributed by atoms with Crippen LogP contribution >= 0.6 is 23.4 Å². The molecule has 0 N–H and O–H groups in total. The Morgan fingerprint density at radius 3 is 2.76 bits per heavy atom. The highest BCUT2D eigenvalue weighted by Gasteiger charge is 2.13. The number of rotatable bonds is 5. The monoisotopic (exact) mass is 371 g/mol. The third kappa shape index (κ3) is 3.70. The van der Waals surface area contributed by atoms with Gasteiger partial charge in [-0.25, -0.2) is 0 Å². The number of benzene rings is 1. The third-order valence-electron chi connectivity index (χ3n) is 3.20. The van der Waals surface area contributed by atoms with Gasteiger partial charge in [0.1, 0.15) is 0 Å². The van der Waals surface area contributed by atoms with Gasteiger partial charge < -0.3 is 8.94 Å². The van der Waals surface area contributed by atoms with Gasteiger partial charge in [0, 0.05) is 28.5 Å². The molecule has 3 aromatic heterocycles. The third-order valence-corrected chi connectivity index (χ3v) is 4.24. The van der Waals surface area contributed by atoms with Crippen LogP contribution in [0.5, 0.6) is 0 Å². The van der Waals surface area contributed by atoms with Gasteiger partial charge in [-0.15, -0.1) is 10.2 Å². The van der Waals surface area contributed by atoms with Crippen molar-refractivity contribution in [2.75, 3.05) is 0 Å². The van der Waals surface area contributed by atoms with Crippen molar-refractivity contribution in [3.8, 4) is 22.8 Å². The number of aromatic nitrogens is 5. The Morgan fingerprint density at radius 1 is 1.04 bits per heavy atom. The molecule has 0 amide bonds. The van der Waals surface area contributed by atoms with E-state index < -0.39 is 0 Å². The molecule has 4 aromatic rings. The maximum atomic E-state index is 5.97. The van der Waals surface area contributed by atoms with E-state index in [-0.39, 0.29) is 0 Å². The van der Waals surface area contributed by atoms with Crippen molar-refractivity contribution in [1.29, 1.82) is 0 Å². The van der Waals surface area contributed by atoms with E-state index in [0.29, 0.717) is 33.6 Å². The summed E-state index contributed by atoms with van der Waals surface area (Å²) in [6, 6.07) is 10.9. The fourth-order valence-electron chi connectivity index (χ4n) is 2.06. The Labute approximate surface area is 151 Å². The van der Waals surface area contributed by atoms with E-state index in [2.05, 4.69) is 25.3 Å². The van der Waals surface area contributed by atoms with Crippen molar-refractivity contribution in [2.45, 2.75) is 11.0 Å². The summed E-state index contributed by atoms with van der Waals surface area (Å²) in [7, 11) is 0. The molecule has 0 aliphatic carbocycles. The van der Waals surface area contributed by atoms with Crippen molar-refractivity contribution in [3.05, 3.63) is 59.7 Å². The fraction of sp³-hybridized carbons (Fsp3) is 0.0625. The SMILES string of the molecule is Clc1cccc(-c2noc(CSc3nnc(-c4ccncc4)o3)n2)c1. The Bertz CT molecular complexity index is 989. The van der Waals surface area contributed by atoms with E-state index >= 15 is 0 Å². The normalized spacial score (nSPS) is 10.9. The molecule has 0 saturated heterocycles. The van der Waals surface area contributed by atoms with Gasteiger partial charge in [0.05, 0.1) is 5.75 Å². The average molecular weight is 372 g/mol. The molecular formula is C16H10ClN5O2S. The zero-order chi connectivity index (χ0) is 17.1. The lowest BCUT2D eigenvalue weighted by Gasteiger charge is -1.94. The molecule has 0 saturated carbocycles. The Balaban J connectivity index is 1.43. The van der Waals surface area contributed by atoms with E-state index in [9.17, 15) is 0 Å². The van der Waals surface area contributed by atoms with Gasteiger partial charge in [0.2, 0.25) is 17.6 Å². The summed E-state index contributed by atoms with van der Waals surface area (Å²) in [6.07, 6.45) is 3.34. The van der Waals surface area contributed by atoms with E-state index in [0.717, 1.165) is 11.1 Å². The van der Waals surface area contributed by atoms with Crippen LogP contribution in [0, 0.1) is 0 Å². The number of halogens is 1. The highest BCUT2D eigenvalue weighted by Crippen LogP contribution is 2.26. The van der Waals surface area contributed by atoms with Crippen LogP contribution in [0.25, 0.3) is 22.8 Å². The second-order valence-corrected chi connectivity index (χ2v) is 6.28.